The summed E-state index contributed by atoms with van der Waals surface area (Å²) in [6.45, 7) is -1.17. The molecule has 1 N–H and O–H groups in total. The molecule has 3 aromatic rings. The number of likely N-dealkylation sites (N-methyl/N-ethyl adjacent to an activating group) is 1. The monoisotopic (exact) mass is 879 g/mol. The molecule has 5 rings (SSSR count). The average Bonchev–Trinajstić information content (AvgIpc) is 3.92. The summed E-state index contributed by atoms with van der Waals surface area (Å²) in [6.07, 6.45) is -2.42. The second kappa shape index (κ2) is 20.7. The summed E-state index contributed by atoms with van der Waals surface area (Å²) in [5.41, 5.74) is 0.808. The summed E-state index contributed by atoms with van der Waals surface area (Å²) in [5, 5.41) is 35.0. The number of hydrogen-bond acceptors (Lipinski definition) is 16. The number of nitrogens with zero attached hydrogens (tertiary/aromatic N) is 8. The molecule has 0 unspecified atom stereocenters. The maximum absolute atomic E-state index is 13.8. The van der Waals surface area contributed by atoms with Gasteiger partial charge in [-0.3, -0.25) is 55.1 Å². The summed E-state index contributed by atoms with van der Waals surface area (Å²) in [7, 11) is 2.70. The molecule has 2 heterocycles. The molecule has 3 atom stereocenters. The van der Waals surface area contributed by atoms with Gasteiger partial charge in [-0.2, -0.15) is 12.6 Å². The van der Waals surface area contributed by atoms with Crippen molar-refractivity contribution < 1.29 is 53.0 Å². The smallest absolute Gasteiger partial charge is 0.417 e. The zero-order chi connectivity index (χ0) is 45.1. The third kappa shape index (κ3) is 11.9. The number of amides is 5. The fourth-order valence-electron chi connectivity index (χ4n) is 6.51. The first kappa shape index (κ1) is 45.7. The first-order chi connectivity index (χ1) is 29.5. The number of likely N-dealkylation sites (tertiary alicyclic amines) is 2. The third-order valence-corrected chi connectivity index (χ3v) is 10.3. The van der Waals surface area contributed by atoms with Crippen LogP contribution < -0.4 is 5.32 Å². The van der Waals surface area contributed by atoms with Gasteiger partial charge in [0.1, 0.15) is 32.4 Å². The van der Waals surface area contributed by atoms with Crippen LogP contribution in [-0.4, -0.2) is 128 Å². The minimum Gasteiger partial charge on any atom is -0.445 e. The number of alkyl carbamates (subject to hydrolysis) is 1. The Labute approximate surface area is 358 Å². The molecule has 23 nitrogen and oxygen atoms in total. The molecule has 2 aliphatic heterocycles. The van der Waals surface area contributed by atoms with Crippen LogP contribution in [0.3, 0.4) is 0 Å². The number of nitrogens with one attached hydrogen (secondary N) is 1. The van der Waals surface area contributed by atoms with Gasteiger partial charge in [-0.1, -0.05) is 0 Å². The van der Waals surface area contributed by atoms with Gasteiger partial charge in [0.2, 0.25) is 17.8 Å². The predicted octanol–water partition coefficient (Wildman–Crippen LogP) is 4.03. The van der Waals surface area contributed by atoms with Crippen LogP contribution in [0.5, 0.6) is 0 Å². The minimum absolute atomic E-state index is 0.0764. The van der Waals surface area contributed by atoms with Crippen LogP contribution in [0.4, 0.5) is 31.4 Å². The lowest BCUT2D eigenvalue weighted by Gasteiger charge is -2.30. The van der Waals surface area contributed by atoms with Crippen molar-refractivity contribution in [1.29, 1.82) is 0 Å². The van der Waals surface area contributed by atoms with E-state index in [4.69, 9.17) is 14.2 Å². The Balaban J connectivity index is 1.22. The second-order valence-corrected chi connectivity index (χ2v) is 14.7. The number of nitro benzene ring substituents is 3. The lowest BCUT2D eigenvalue weighted by Crippen LogP contribution is -2.53. The number of nitro groups is 3. The normalized spacial score (nSPS) is 17.1. The average molecular weight is 880 g/mol. The Morgan fingerprint density at radius 3 is 1.74 bits per heavy atom. The first-order valence-electron chi connectivity index (χ1n) is 18.7. The summed E-state index contributed by atoms with van der Waals surface area (Å²) in [5.74, 6) is -1.47. The molecule has 2 aliphatic rings. The highest BCUT2D eigenvalue weighted by Gasteiger charge is 2.43. The highest BCUT2D eigenvalue weighted by molar-refractivity contribution is 7.81. The van der Waals surface area contributed by atoms with Crippen molar-refractivity contribution in [2.24, 2.45) is 4.99 Å². The van der Waals surface area contributed by atoms with Gasteiger partial charge in [-0.05, 0) is 65.9 Å². The first-order valence-corrected chi connectivity index (χ1v) is 19.3. The van der Waals surface area contributed by atoms with Crippen molar-refractivity contribution in [1.82, 2.24) is 24.9 Å². The van der Waals surface area contributed by atoms with Crippen LogP contribution in [0.1, 0.15) is 29.5 Å². The molecule has 5 amide bonds. The number of rotatable bonds is 13. The highest BCUT2D eigenvalue weighted by Crippen LogP contribution is 2.27. The molecule has 24 heteroatoms. The van der Waals surface area contributed by atoms with Crippen LogP contribution in [0.2, 0.25) is 0 Å². The standard InChI is InChI=1S/C38H41N9O14S/c1-39-35(40-36(50)59-21-24-3-9-27(10-4-24)45(53)54)44(38(52)61-23-26-7-13-29(14-8-26)47(57)58)20-33(48)41(2)30-15-16-42(18-30)34(49)32-17-31(62)19-43(32)37(51)60-22-25-5-11-28(12-6-25)46(55)56/h3-14,30-32,62H,15-23H2,1-2H3,(H,39,40,50)/t30-,31-,32-/m0/s1. The van der Waals surface area contributed by atoms with Crippen LogP contribution in [0.15, 0.2) is 77.8 Å². The molecule has 3 aromatic carbocycles. The van der Waals surface area contributed by atoms with E-state index >= 15 is 0 Å². The van der Waals surface area contributed by atoms with Crippen LogP contribution in [-0.2, 0) is 43.6 Å². The van der Waals surface area contributed by atoms with Gasteiger partial charge in [-0.25, -0.2) is 19.3 Å². The lowest BCUT2D eigenvalue weighted by molar-refractivity contribution is -0.385. The van der Waals surface area contributed by atoms with E-state index in [1.54, 1.807) is 0 Å². The van der Waals surface area contributed by atoms with Crippen LogP contribution in [0.25, 0.3) is 0 Å². The largest absolute Gasteiger partial charge is 0.445 e. The van der Waals surface area contributed by atoms with Crippen molar-refractivity contribution in [2.75, 3.05) is 40.3 Å². The van der Waals surface area contributed by atoms with Crippen LogP contribution >= 0.6 is 12.6 Å². The van der Waals surface area contributed by atoms with Gasteiger partial charge >= 0.3 is 18.3 Å². The van der Waals surface area contributed by atoms with Crippen molar-refractivity contribution in [2.45, 2.75) is 50.0 Å². The predicted molar refractivity (Wildman–Crippen MR) is 219 cm³/mol. The Kier molecular flexibility index (Phi) is 15.3. The number of carbonyl (C=O) groups is 5. The SMILES string of the molecule is CN=C(NC(=O)OCc1ccc([N+](=O)[O-])cc1)N(CC(=O)N(C)[C@H]1CCN(C(=O)[C@@H]2C[C@H](S)CN2C(=O)OCc2ccc([N+](=O)[O-])cc2)C1)C(=O)OCc1ccc([N+](=O)[O-])cc1. The fraction of sp³-hybridized carbons (Fsp3) is 0.368. The number of ether oxygens (including phenoxy) is 3. The molecule has 328 valence electrons. The zero-order valence-corrected chi connectivity index (χ0v) is 34.2. The Morgan fingerprint density at radius 1 is 0.774 bits per heavy atom. The Hall–Kier alpha value is -7.37. The molecule has 0 radical (unpaired) electrons. The van der Waals surface area contributed by atoms with Crippen molar-refractivity contribution in [3.63, 3.8) is 0 Å². The molecule has 0 aliphatic carbocycles. The number of aliphatic imine (C=N–C) groups is 1. The molecular formula is C38H41N9O14S. The van der Waals surface area contributed by atoms with E-state index in [1.807, 2.05) is 0 Å². The van der Waals surface area contributed by atoms with E-state index in [2.05, 4.69) is 22.9 Å². The molecule has 2 saturated heterocycles. The molecular weight excluding hydrogens is 839 g/mol. The topological polar surface area (TPSA) is 280 Å². The third-order valence-electron chi connectivity index (χ3n) is 9.95. The number of thiol groups is 1. The van der Waals surface area contributed by atoms with Crippen molar-refractivity contribution in [3.8, 4) is 0 Å². The number of carbonyl (C=O) groups excluding carboxylic acids is 5. The van der Waals surface area contributed by atoms with E-state index in [0.29, 0.717) is 23.1 Å². The number of benzene rings is 3. The van der Waals surface area contributed by atoms with Gasteiger partial charge in [0.15, 0.2) is 0 Å². The maximum Gasteiger partial charge on any atom is 0.417 e. The highest BCUT2D eigenvalue weighted by atomic mass is 32.1. The fourth-order valence-corrected chi connectivity index (χ4v) is 6.88. The summed E-state index contributed by atoms with van der Waals surface area (Å²) in [6, 6.07) is 14.4. The quantitative estimate of drug-likeness (QED) is 0.0613. The van der Waals surface area contributed by atoms with E-state index in [-0.39, 0.29) is 74.1 Å². The second-order valence-electron chi connectivity index (χ2n) is 14.0. The molecule has 0 bridgehead atoms. The molecule has 2 fully saturated rings. The van der Waals surface area contributed by atoms with E-state index < -0.39 is 63.5 Å². The summed E-state index contributed by atoms with van der Waals surface area (Å²) >= 11 is 4.50. The number of non-ortho nitro benzene ring substituents is 3. The molecule has 0 spiro atoms. The van der Waals surface area contributed by atoms with Crippen molar-refractivity contribution in [3.05, 3.63) is 120 Å². The molecule has 0 aromatic heterocycles. The minimum atomic E-state index is -1.13. The van der Waals surface area contributed by atoms with E-state index in [9.17, 15) is 54.3 Å². The Bertz CT molecular complexity index is 2210. The molecule has 0 saturated carbocycles. The summed E-state index contributed by atoms with van der Waals surface area (Å²) in [4.78, 5) is 107. The van der Waals surface area contributed by atoms with E-state index in [0.717, 1.165) is 4.90 Å². The van der Waals surface area contributed by atoms with Crippen molar-refractivity contribution >= 4 is 65.7 Å². The van der Waals surface area contributed by atoms with E-state index in [1.165, 1.54) is 102 Å². The zero-order valence-electron chi connectivity index (χ0n) is 33.3. The number of guanidine groups is 1. The number of hydrogen-bond donors (Lipinski definition) is 2. The summed E-state index contributed by atoms with van der Waals surface area (Å²) < 4.78 is 16.1. The van der Waals surface area contributed by atoms with Gasteiger partial charge in [0.25, 0.3) is 17.1 Å². The van der Waals surface area contributed by atoms with Gasteiger partial charge in [0, 0.05) is 75.4 Å². The maximum atomic E-state index is 13.8. The van der Waals surface area contributed by atoms with Crippen LogP contribution in [0, 0.1) is 30.3 Å². The molecule has 62 heavy (non-hydrogen) atoms. The van der Waals surface area contributed by atoms with Gasteiger partial charge in [-0.15, -0.1) is 0 Å². The Morgan fingerprint density at radius 2 is 1.26 bits per heavy atom. The van der Waals surface area contributed by atoms with Gasteiger partial charge < -0.3 is 24.0 Å². The lowest BCUT2D eigenvalue weighted by atomic mass is 10.2. The van der Waals surface area contributed by atoms with Gasteiger partial charge in [0.05, 0.1) is 20.8 Å².